The molecule has 1 aliphatic rings. The van der Waals surface area contributed by atoms with Gasteiger partial charge in [-0.2, -0.15) is 0 Å². The maximum atomic E-state index is 11.7. The van der Waals surface area contributed by atoms with Crippen LogP contribution in [0.3, 0.4) is 0 Å². The molecule has 1 atom stereocenters. The lowest BCUT2D eigenvalue weighted by atomic mass is 9.94. The van der Waals surface area contributed by atoms with E-state index in [1.165, 1.54) is 7.11 Å². The van der Waals surface area contributed by atoms with E-state index in [0.717, 1.165) is 21.9 Å². The Hall–Kier alpha value is -1.87. The Morgan fingerprint density at radius 3 is 2.82 bits per heavy atom. The maximum Gasteiger partial charge on any atom is 0.339 e. The summed E-state index contributed by atoms with van der Waals surface area (Å²) >= 11 is 0. The van der Waals surface area contributed by atoms with E-state index in [1.54, 1.807) is 0 Å². The van der Waals surface area contributed by atoms with E-state index >= 15 is 0 Å². The molecular weight excluding hydrogens is 216 g/mol. The number of methoxy groups -OCH3 is 1. The van der Waals surface area contributed by atoms with Crippen LogP contribution in [-0.4, -0.2) is 13.1 Å². The molecule has 0 radical (unpaired) electrons. The Bertz CT molecular complexity index is 584. The summed E-state index contributed by atoms with van der Waals surface area (Å²) in [5.74, 6) is -0.341. The van der Waals surface area contributed by atoms with E-state index in [1.807, 2.05) is 36.4 Å². The van der Waals surface area contributed by atoms with Gasteiger partial charge in [0.25, 0.3) is 0 Å². The van der Waals surface area contributed by atoms with Crippen molar-refractivity contribution in [2.45, 2.75) is 12.7 Å². The minimum Gasteiger partial charge on any atom is -0.467 e. The van der Waals surface area contributed by atoms with Crippen LogP contribution in [0.2, 0.25) is 0 Å². The first kappa shape index (κ1) is 10.3. The number of carbonyl (C=O) groups is 1. The molecule has 0 spiro atoms. The molecule has 1 heterocycles. The molecule has 3 rings (SSSR count). The Morgan fingerprint density at radius 1 is 1.29 bits per heavy atom. The zero-order chi connectivity index (χ0) is 11.8. The molecule has 86 valence electrons. The molecule has 0 aliphatic carbocycles. The molecule has 0 saturated heterocycles. The van der Waals surface area contributed by atoms with Crippen molar-refractivity contribution in [3.05, 3.63) is 47.5 Å². The van der Waals surface area contributed by atoms with Crippen LogP contribution in [-0.2, 0) is 20.9 Å². The number of esters is 1. The van der Waals surface area contributed by atoms with Gasteiger partial charge < -0.3 is 9.47 Å². The lowest BCUT2D eigenvalue weighted by Crippen LogP contribution is -2.21. The molecule has 0 N–H and O–H groups in total. The molecule has 3 nitrogen and oxygen atoms in total. The highest BCUT2D eigenvalue weighted by atomic mass is 16.6. The van der Waals surface area contributed by atoms with Crippen molar-refractivity contribution in [2.24, 2.45) is 0 Å². The molecule has 3 heteroatoms. The van der Waals surface area contributed by atoms with Gasteiger partial charge in [0.1, 0.15) is 0 Å². The summed E-state index contributed by atoms with van der Waals surface area (Å²) < 4.78 is 10.3. The van der Waals surface area contributed by atoms with E-state index in [-0.39, 0.29) is 5.97 Å². The number of hydrogen-bond donors (Lipinski definition) is 0. The van der Waals surface area contributed by atoms with E-state index < -0.39 is 6.10 Å². The quantitative estimate of drug-likeness (QED) is 0.704. The van der Waals surface area contributed by atoms with Crippen molar-refractivity contribution < 1.29 is 14.3 Å². The van der Waals surface area contributed by atoms with Gasteiger partial charge in [-0.15, -0.1) is 0 Å². The summed E-state index contributed by atoms with van der Waals surface area (Å²) in [7, 11) is 1.38. The number of carbonyl (C=O) groups excluding carboxylic acids is 1. The number of benzene rings is 2. The Kier molecular flexibility index (Phi) is 2.34. The largest absolute Gasteiger partial charge is 0.467 e. The van der Waals surface area contributed by atoms with E-state index in [4.69, 9.17) is 9.47 Å². The van der Waals surface area contributed by atoms with Crippen LogP contribution in [0.1, 0.15) is 17.2 Å². The maximum absolute atomic E-state index is 11.7. The third kappa shape index (κ3) is 1.51. The van der Waals surface area contributed by atoms with Gasteiger partial charge in [0.05, 0.1) is 13.7 Å². The van der Waals surface area contributed by atoms with Gasteiger partial charge in [-0.3, -0.25) is 0 Å². The molecule has 0 amide bonds. The summed E-state index contributed by atoms with van der Waals surface area (Å²) in [4.78, 5) is 11.7. The van der Waals surface area contributed by atoms with Gasteiger partial charge >= 0.3 is 5.97 Å². The van der Waals surface area contributed by atoms with Crippen molar-refractivity contribution >= 4 is 16.7 Å². The summed E-state index contributed by atoms with van der Waals surface area (Å²) in [6, 6.07) is 12.0. The lowest BCUT2D eigenvalue weighted by Gasteiger charge is -2.24. The molecule has 0 fully saturated rings. The second-order valence-electron chi connectivity index (χ2n) is 4.08. The van der Waals surface area contributed by atoms with Crippen LogP contribution in [0.25, 0.3) is 10.8 Å². The third-order valence-corrected chi connectivity index (χ3v) is 3.13. The molecule has 0 bridgehead atoms. The smallest absolute Gasteiger partial charge is 0.339 e. The highest BCUT2D eigenvalue weighted by Gasteiger charge is 2.28. The van der Waals surface area contributed by atoms with Gasteiger partial charge in [0, 0.05) is 5.56 Å². The molecule has 0 aromatic heterocycles. The summed E-state index contributed by atoms with van der Waals surface area (Å²) in [5, 5.41) is 2.26. The second kappa shape index (κ2) is 3.86. The first-order valence-electron chi connectivity index (χ1n) is 5.51. The zero-order valence-electron chi connectivity index (χ0n) is 9.47. The van der Waals surface area contributed by atoms with Crippen LogP contribution in [0, 0.1) is 0 Å². The predicted octanol–water partition coefficient (Wildman–Crippen LogP) is 2.58. The Labute approximate surface area is 99.0 Å². The Balaban J connectivity index is 2.26. The standard InChI is InChI=1S/C14H12O3/c1-16-14(15)13-11-7-3-5-9-4-2-6-10(8-17-13)12(9)11/h2-7,13H,8H2,1H3. The van der Waals surface area contributed by atoms with Crippen LogP contribution in [0.4, 0.5) is 0 Å². The minimum atomic E-state index is -0.599. The van der Waals surface area contributed by atoms with Crippen LogP contribution < -0.4 is 0 Å². The fourth-order valence-electron chi connectivity index (χ4n) is 2.35. The molecular formula is C14H12O3. The van der Waals surface area contributed by atoms with Crippen molar-refractivity contribution in [1.29, 1.82) is 0 Å². The van der Waals surface area contributed by atoms with Gasteiger partial charge in [-0.25, -0.2) is 4.79 Å². The summed E-state index contributed by atoms with van der Waals surface area (Å²) in [5.41, 5.74) is 2.02. The van der Waals surface area contributed by atoms with Crippen LogP contribution in [0.15, 0.2) is 36.4 Å². The van der Waals surface area contributed by atoms with Crippen molar-refractivity contribution in [1.82, 2.24) is 0 Å². The monoisotopic (exact) mass is 228 g/mol. The topological polar surface area (TPSA) is 35.5 Å². The molecule has 17 heavy (non-hydrogen) atoms. The number of ether oxygens (including phenoxy) is 2. The average Bonchev–Trinajstić information content (AvgIpc) is 2.39. The SMILES string of the molecule is COC(=O)C1OCc2cccc3cccc1c23. The van der Waals surface area contributed by atoms with E-state index in [0.29, 0.717) is 6.61 Å². The average molecular weight is 228 g/mol. The summed E-state index contributed by atoms with van der Waals surface area (Å²) in [6.07, 6.45) is -0.599. The van der Waals surface area contributed by atoms with Crippen LogP contribution in [0.5, 0.6) is 0 Å². The molecule has 2 aromatic rings. The van der Waals surface area contributed by atoms with E-state index in [2.05, 4.69) is 0 Å². The zero-order valence-corrected chi connectivity index (χ0v) is 9.47. The van der Waals surface area contributed by atoms with Gasteiger partial charge in [-0.1, -0.05) is 36.4 Å². The van der Waals surface area contributed by atoms with Crippen molar-refractivity contribution in [3.8, 4) is 0 Å². The van der Waals surface area contributed by atoms with Crippen molar-refractivity contribution in [2.75, 3.05) is 7.11 Å². The lowest BCUT2D eigenvalue weighted by molar-refractivity contribution is -0.155. The minimum absolute atomic E-state index is 0.341. The van der Waals surface area contributed by atoms with Crippen LogP contribution >= 0.6 is 0 Å². The highest BCUT2D eigenvalue weighted by Crippen LogP contribution is 2.35. The normalized spacial score (nSPS) is 18.1. The molecule has 1 aliphatic heterocycles. The van der Waals surface area contributed by atoms with Gasteiger partial charge in [0.2, 0.25) is 0 Å². The van der Waals surface area contributed by atoms with E-state index in [9.17, 15) is 4.79 Å². The predicted molar refractivity (Wildman–Crippen MR) is 63.5 cm³/mol. The Morgan fingerprint density at radius 2 is 2.06 bits per heavy atom. The molecule has 0 saturated carbocycles. The molecule has 2 aromatic carbocycles. The number of hydrogen-bond acceptors (Lipinski definition) is 3. The fraction of sp³-hybridized carbons (Fsp3) is 0.214. The van der Waals surface area contributed by atoms with Gasteiger partial charge in [0.15, 0.2) is 6.10 Å². The first-order valence-corrected chi connectivity index (χ1v) is 5.51. The third-order valence-electron chi connectivity index (χ3n) is 3.13. The fourth-order valence-corrected chi connectivity index (χ4v) is 2.35. The molecule has 1 unspecified atom stereocenters. The van der Waals surface area contributed by atoms with Crippen molar-refractivity contribution in [3.63, 3.8) is 0 Å². The highest BCUT2D eigenvalue weighted by molar-refractivity contribution is 5.93. The summed E-state index contributed by atoms with van der Waals surface area (Å²) in [6.45, 7) is 0.452. The van der Waals surface area contributed by atoms with Gasteiger partial charge in [-0.05, 0) is 16.3 Å². The number of rotatable bonds is 1. The second-order valence-corrected chi connectivity index (χ2v) is 4.08. The first-order chi connectivity index (χ1) is 8.31.